The third-order valence-corrected chi connectivity index (χ3v) is 5.53. The summed E-state index contributed by atoms with van der Waals surface area (Å²) in [5.41, 5.74) is 2.19. The lowest BCUT2D eigenvalue weighted by Crippen LogP contribution is -2.42. The highest BCUT2D eigenvalue weighted by Gasteiger charge is 2.22. The first-order chi connectivity index (χ1) is 15.8. The van der Waals surface area contributed by atoms with Crippen LogP contribution >= 0.6 is 0 Å². The van der Waals surface area contributed by atoms with E-state index in [1.165, 1.54) is 0 Å². The van der Waals surface area contributed by atoms with Gasteiger partial charge in [0.2, 0.25) is 0 Å². The minimum atomic E-state index is 0.130. The molecule has 0 bridgehead atoms. The van der Waals surface area contributed by atoms with Crippen molar-refractivity contribution in [1.82, 2.24) is 25.4 Å². The van der Waals surface area contributed by atoms with Crippen LogP contribution in [0.3, 0.4) is 0 Å². The number of aliphatic imine (C=N–C) groups is 1. The number of para-hydroxylation sites is 2. The molecule has 2 aromatic carbocycles. The summed E-state index contributed by atoms with van der Waals surface area (Å²) in [6, 6.07) is 16.3. The van der Waals surface area contributed by atoms with Gasteiger partial charge in [0.15, 0.2) is 5.96 Å². The molecule has 0 saturated heterocycles. The van der Waals surface area contributed by atoms with E-state index >= 15 is 0 Å². The average molecular weight is 435 g/mol. The highest BCUT2D eigenvalue weighted by molar-refractivity contribution is 5.80. The fourth-order valence-electron chi connectivity index (χ4n) is 3.84. The van der Waals surface area contributed by atoms with Crippen LogP contribution in [0.15, 0.2) is 59.9 Å². The molecular weight excluding hydrogens is 404 g/mol. The quantitative estimate of drug-likeness (QED) is 0.419. The second-order valence-corrected chi connectivity index (χ2v) is 7.57. The molecule has 3 aromatic rings. The number of hydrogen-bond acceptors (Lipinski definition) is 5. The van der Waals surface area contributed by atoms with E-state index in [9.17, 15) is 0 Å². The van der Waals surface area contributed by atoms with Crippen LogP contribution in [0.5, 0.6) is 11.5 Å². The van der Waals surface area contributed by atoms with Crippen LogP contribution in [0, 0.1) is 0 Å². The molecule has 1 atom stereocenters. The molecule has 0 fully saturated rings. The zero-order valence-electron chi connectivity index (χ0n) is 18.6. The van der Waals surface area contributed by atoms with Gasteiger partial charge in [-0.25, -0.2) is 4.99 Å². The lowest BCUT2D eigenvalue weighted by atomic mass is 10.0. The van der Waals surface area contributed by atoms with Gasteiger partial charge in [-0.15, -0.1) is 10.2 Å². The summed E-state index contributed by atoms with van der Waals surface area (Å²) in [7, 11) is 1.68. The molecule has 4 rings (SSSR count). The first kappa shape index (κ1) is 21.7. The number of rotatable bonds is 8. The largest absolute Gasteiger partial charge is 0.496 e. The van der Waals surface area contributed by atoms with Crippen LogP contribution in [0.25, 0.3) is 0 Å². The molecule has 8 heteroatoms. The van der Waals surface area contributed by atoms with Gasteiger partial charge >= 0.3 is 0 Å². The van der Waals surface area contributed by atoms with Gasteiger partial charge in [0.25, 0.3) is 0 Å². The lowest BCUT2D eigenvalue weighted by molar-refractivity contribution is 0.261. The zero-order valence-corrected chi connectivity index (χ0v) is 18.6. The fraction of sp³-hybridized carbons (Fsp3) is 0.375. The highest BCUT2D eigenvalue weighted by Crippen LogP contribution is 2.31. The Morgan fingerprint density at radius 3 is 2.94 bits per heavy atom. The summed E-state index contributed by atoms with van der Waals surface area (Å²) in [6.07, 6.45) is 3.50. The molecule has 8 nitrogen and oxygen atoms in total. The van der Waals surface area contributed by atoms with E-state index in [0.29, 0.717) is 19.7 Å². The van der Waals surface area contributed by atoms with Crippen molar-refractivity contribution in [3.63, 3.8) is 0 Å². The Bertz CT molecular complexity index is 1050. The molecule has 1 aliphatic rings. The Balaban J connectivity index is 1.49. The summed E-state index contributed by atoms with van der Waals surface area (Å²) in [6.45, 7) is 4.73. The number of ether oxygens (including phenoxy) is 2. The van der Waals surface area contributed by atoms with Crippen molar-refractivity contribution in [3.05, 3.63) is 71.8 Å². The van der Waals surface area contributed by atoms with E-state index in [-0.39, 0.29) is 6.04 Å². The Labute approximate surface area is 188 Å². The van der Waals surface area contributed by atoms with E-state index in [1.54, 1.807) is 13.4 Å². The van der Waals surface area contributed by atoms with Crippen LogP contribution in [-0.4, -0.2) is 41.0 Å². The number of aromatic nitrogens is 3. The van der Waals surface area contributed by atoms with Gasteiger partial charge < -0.3 is 24.7 Å². The van der Waals surface area contributed by atoms with Crippen LogP contribution < -0.4 is 20.1 Å². The molecule has 0 amide bonds. The number of hydrogen-bond donors (Lipinski definition) is 2. The maximum absolute atomic E-state index is 5.82. The Hall–Kier alpha value is -3.55. The molecule has 0 radical (unpaired) electrons. The standard InChI is InChI=1S/C24H30N6O2/c1-3-23-29-27-17-30(23)14-13-25-24(26-16-18-8-4-6-10-21(18)31-2)28-20-12-15-32-22-11-7-5-9-19(20)22/h4-11,17,20H,3,12-16H2,1-2H3,(H2,25,26,28). The van der Waals surface area contributed by atoms with Gasteiger partial charge in [0, 0.05) is 37.1 Å². The van der Waals surface area contributed by atoms with E-state index < -0.39 is 0 Å². The summed E-state index contributed by atoms with van der Waals surface area (Å²) < 4.78 is 13.4. The highest BCUT2D eigenvalue weighted by atomic mass is 16.5. The minimum absolute atomic E-state index is 0.130. The predicted octanol–water partition coefficient (Wildman–Crippen LogP) is 3.11. The van der Waals surface area contributed by atoms with Crippen molar-refractivity contribution >= 4 is 5.96 Å². The fourth-order valence-corrected chi connectivity index (χ4v) is 3.84. The smallest absolute Gasteiger partial charge is 0.192 e. The Morgan fingerprint density at radius 1 is 1.22 bits per heavy atom. The number of methoxy groups -OCH3 is 1. The molecule has 0 saturated carbocycles. The Kier molecular flexibility index (Phi) is 7.22. The number of benzene rings is 2. The molecule has 168 valence electrons. The molecule has 0 aliphatic carbocycles. The minimum Gasteiger partial charge on any atom is -0.496 e. The zero-order chi connectivity index (χ0) is 22.2. The van der Waals surface area contributed by atoms with Crippen LogP contribution in [0.1, 0.15) is 36.3 Å². The third-order valence-electron chi connectivity index (χ3n) is 5.53. The molecular formula is C24H30N6O2. The van der Waals surface area contributed by atoms with E-state index in [1.807, 2.05) is 42.5 Å². The van der Waals surface area contributed by atoms with Crippen molar-refractivity contribution in [3.8, 4) is 11.5 Å². The van der Waals surface area contributed by atoms with Gasteiger partial charge in [0.1, 0.15) is 23.7 Å². The van der Waals surface area contributed by atoms with Crippen molar-refractivity contribution < 1.29 is 9.47 Å². The average Bonchev–Trinajstić information content (AvgIpc) is 3.30. The number of aryl methyl sites for hydroxylation is 1. The van der Waals surface area contributed by atoms with Crippen LogP contribution in [0.4, 0.5) is 0 Å². The van der Waals surface area contributed by atoms with Gasteiger partial charge in [-0.2, -0.15) is 0 Å². The van der Waals surface area contributed by atoms with Gasteiger partial charge in [-0.3, -0.25) is 0 Å². The van der Waals surface area contributed by atoms with Crippen molar-refractivity contribution in [1.29, 1.82) is 0 Å². The van der Waals surface area contributed by atoms with E-state index in [0.717, 1.165) is 53.8 Å². The third kappa shape index (κ3) is 5.19. The number of fused-ring (bicyclic) bond motifs is 1. The van der Waals surface area contributed by atoms with E-state index in [4.69, 9.17) is 14.5 Å². The SMILES string of the molecule is CCc1nncn1CCNC(=NCc1ccccc1OC)NC1CCOc2ccccc21. The van der Waals surface area contributed by atoms with Crippen LogP contribution in [0.2, 0.25) is 0 Å². The van der Waals surface area contributed by atoms with Crippen LogP contribution in [-0.2, 0) is 19.5 Å². The first-order valence-corrected chi connectivity index (χ1v) is 11.0. The van der Waals surface area contributed by atoms with Gasteiger partial charge in [-0.05, 0) is 12.1 Å². The molecule has 1 unspecified atom stereocenters. The summed E-state index contributed by atoms with van der Waals surface area (Å²) in [5, 5.41) is 15.3. The molecule has 2 N–H and O–H groups in total. The lowest BCUT2D eigenvalue weighted by Gasteiger charge is -2.28. The van der Waals surface area contributed by atoms with Crippen molar-refractivity contribution in [2.24, 2.45) is 4.99 Å². The van der Waals surface area contributed by atoms with Gasteiger partial charge in [0.05, 0.1) is 26.3 Å². The molecule has 0 spiro atoms. The monoisotopic (exact) mass is 434 g/mol. The normalized spacial score (nSPS) is 15.6. The van der Waals surface area contributed by atoms with E-state index in [2.05, 4.69) is 38.4 Å². The topological polar surface area (TPSA) is 85.6 Å². The maximum atomic E-state index is 5.82. The molecule has 2 heterocycles. The number of nitrogens with one attached hydrogen (secondary N) is 2. The van der Waals surface area contributed by atoms with Gasteiger partial charge in [-0.1, -0.05) is 43.3 Å². The molecule has 32 heavy (non-hydrogen) atoms. The first-order valence-electron chi connectivity index (χ1n) is 11.0. The summed E-state index contributed by atoms with van der Waals surface area (Å²) in [4.78, 5) is 4.86. The second-order valence-electron chi connectivity index (χ2n) is 7.57. The second kappa shape index (κ2) is 10.7. The molecule has 1 aliphatic heterocycles. The van der Waals surface area contributed by atoms with Crippen molar-refractivity contribution in [2.45, 2.75) is 38.9 Å². The summed E-state index contributed by atoms with van der Waals surface area (Å²) in [5.74, 6) is 3.50. The predicted molar refractivity (Wildman–Crippen MR) is 124 cm³/mol. The number of nitrogens with zero attached hydrogens (tertiary/aromatic N) is 4. The Morgan fingerprint density at radius 2 is 2.06 bits per heavy atom. The summed E-state index contributed by atoms with van der Waals surface area (Å²) >= 11 is 0. The molecule has 1 aromatic heterocycles. The maximum Gasteiger partial charge on any atom is 0.192 e. The van der Waals surface area contributed by atoms with Crippen molar-refractivity contribution in [2.75, 3.05) is 20.3 Å². The number of guanidine groups is 1.